The van der Waals surface area contributed by atoms with E-state index in [1.54, 1.807) is 10.7 Å². The topological polar surface area (TPSA) is 69.5 Å². The number of amides is 1. The molecule has 0 radical (unpaired) electrons. The van der Waals surface area contributed by atoms with Gasteiger partial charge in [0, 0.05) is 19.2 Å². The molecule has 3 heterocycles. The van der Waals surface area contributed by atoms with E-state index in [2.05, 4.69) is 14.8 Å². The van der Waals surface area contributed by atoms with E-state index in [1.165, 1.54) is 23.1 Å². The Bertz CT molecular complexity index is 1090. The normalized spacial score (nSPS) is 16.7. The number of nitrogens with zero attached hydrogens (tertiary/aromatic N) is 4. The number of fused-ring (bicyclic) bond motifs is 1. The average Bonchev–Trinajstić information content (AvgIpc) is 3.43. The summed E-state index contributed by atoms with van der Waals surface area (Å²) in [7, 11) is 0. The summed E-state index contributed by atoms with van der Waals surface area (Å²) in [6.07, 6.45) is -3.17. The van der Waals surface area contributed by atoms with Crippen LogP contribution in [0.1, 0.15) is 35.9 Å². The molecule has 1 aromatic carbocycles. The molecule has 1 fully saturated rings. The molecule has 31 heavy (non-hydrogen) atoms. The molecule has 166 valence electrons. The Morgan fingerprint density at radius 2 is 2.19 bits per heavy atom. The lowest BCUT2D eigenvalue weighted by Crippen LogP contribution is -2.38. The lowest BCUT2D eigenvalue weighted by Gasteiger charge is -2.23. The number of aromatic nitrogens is 3. The highest BCUT2D eigenvalue weighted by Crippen LogP contribution is 2.34. The zero-order valence-electron chi connectivity index (χ0n) is 17.0. The molecule has 1 aliphatic heterocycles. The molecule has 7 nitrogen and oxygen atoms in total. The fourth-order valence-electron chi connectivity index (χ4n) is 3.54. The minimum absolute atomic E-state index is 0.126. The van der Waals surface area contributed by atoms with E-state index in [9.17, 15) is 18.0 Å². The standard InChI is InChI=1S/C20H21F3N4O3S/c1-3-27-16(9-12(2)25-27)18(28)26(11-14-5-4-8-29-14)19-24-15-7-6-13(10-17(15)31-19)30-20(21,22)23/h6-7,9-10,14H,3-5,8,11H2,1-2H3. The molecule has 0 spiro atoms. The van der Waals surface area contributed by atoms with Crippen molar-refractivity contribution >= 4 is 32.6 Å². The molecule has 0 saturated carbocycles. The minimum atomic E-state index is -4.78. The van der Waals surface area contributed by atoms with Crippen LogP contribution in [0.2, 0.25) is 0 Å². The minimum Gasteiger partial charge on any atom is -0.406 e. The van der Waals surface area contributed by atoms with Crippen LogP contribution < -0.4 is 9.64 Å². The molecular weight excluding hydrogens is 433 g/mol. The lowest BCUT2D eigenvalue weighted by molar-refractivity contribution is -0.274. The number of hydrogen-bond acceptors (Lipinski definition) is 6. The molecule has 1 amide bonds. The van der Waals surface area contributed by atoms with E-state index in [-0.39, 0.29) is 17.8 Å². The molecule has 1 unspecified atom stereocenters. The van der Waals surface area contributed by atoms with Crippen molar-refractivity contribution in [2.24, 2.45) is 0 Å². The van der Waals surface area contributed by atoms with Gasteiger partial charge in [0.25, 0.3) is 5.91 Å². The lowest BCUT2D eigenvalue weighted by atomic mass is 10.2. The molecule has 1 aliphatic rings. The summed E-state index contributed by atoms with van der Waals surface area (Å²) >= 11 is 1.13. The molecule has 0 N–H and O–H groups in total. The number of carbonyl (C=O) groups excluding carboxylic acids is 1. The van der Waals surface area contributed by atoms with Gasteiger partial charge in [0.2, 0.25) is 0 Å². The van der Waals surface area contributed by atoms with Crippen LogP contribution >= 0.6 is 11.3 Å². The first-order chi connectivity index (χ1) is 14.7. The van der Waals surface area contributed by atoms with Crippen LogP contribution in [0.5, 0.6) is 5.75 Å². The number of thiazole rings is 1. The summed E-state index contributed by atoms with van der Waals surface area (Å²) in [5.41, 5.74) is 1.64. The van der Waals surface area contributed by atoms with Crippen LogP contribution in [0.25, 0.3) is 10.2 Å². The summed E-state index contributed by atoms with van der Waals surface area (Å²) < 4.78 is 49.5. The third-order valence-electron chi connectivity index (χ3n) is 4.89. The van der Waals surface area contributed by atoms with Gasteiger partial charge in [-0.15, -0.1) is 13.2 Å². The second kappa shape index (κ2) is 8.46. The molecule has 0 bridgehead atoms. The predicted molar refractivity (Wildman–Crippen MR) is 110 cm³/mol. The van der Waals surface area contributed by atoms with Crippen molar-refractivity contribution in [3.05, 3.63) is 35.7 Å². The quantitative estimate of drug-likeness (QED) is 0.547. The van der Waals surface area contributed by atoms with E-state index in [0.717, 1.165) is 29.9 Å². The number of alkyl halides is 3. The van der Waals surface area contributed by atoms with E-state index in [4.69, 9.17) is 4.74 Å². The number of rotatable bonds is 6. The van der Waals surface area contributed by atoms with Gasteiger partial charge in [-0.1, -0.05) is 11.3 Å². The zero-order chi connectivity index (χ0) is 22.2. The summed E-state index contributed by atoms with van der Waals surface area (Å²) in [5, 5.41) is 4.73. The maximum Gasteiger partial charge on any atom is 0.573 e. The van der Waals surface area contributed by atoms with Crippen LogP contribution in [-0.4, -0.2) is 46.3 Å². The Kier molecular flexibility index (Phi) is 5.89. The first kappa shape index (κ1) is 21.6. The van der Waals surface area contributed by atoms with Gasteiger partial charge in [-0.3, -0.25) is 14.4 Å². The van der Waals surface area contributed by atoms with E-state index >= 15 is 0 Å². The van der Waals surface area contributed by atoms with Gasteiger partial charge in [-0.25, -0.2) is 4.98 Å². The average molecular weight is 454 g/mol. The molecule has 4 rings (SSSR count). The Labute approximate surface area is 180 Å². The molecule has 1 atom stereocenters. The third kappa shape index (κ3) is 4.82. The fraction of sp³-hybridized carbons (Fsp3) is 0.450. The second-order valence-electron chi connectivity index (χ2n) is 7.21. The number of anilines is 1. The van der Waals surface area contributed by atoms with Crippen molar-refractivity contribution < 1.29 is 27.4 Å². The van der Waals surface area contributed by atoms with Crippen molar-refractivity contribution in [3.63, 3.8) is 0 Å². The SMILES string of the molecule is CCn1nc(C)cc1C(=O)N(CC1CCCO1)c1nc2ccc(OC(F)(F)F)cc2s1. The van der Waals surface area contributed by atoms with Crippen molar-refractivity contribution in [1.29, 1.82) is 0 Å². The fourth-order valence-corrected chi connectivity index (χ4v) is 4.54. The van der Waals surface area contributed by atoms with Gasteiger partial charge in [0.1, 0.15) is 11.4 Å². The Hall–Kier alpha value is -2.66. The van der Waals surface area contributed by atoms with Crippen molar-refractivity contribution in [2.45, 2.75) is 45.7 Å². The van der Waals surface area contributed by atoms with Gasteiger partial charge in [0.05, 0.1) is 28.6 Å². The monoisotopic (exact) mass is 454 g/mol. The number of aryl methyl sites for hydroxylation is 2. The smallest absolute Gasteiger partial charge is 0.406 e. The highest BCUT2D eigenvalue weighted by atomic mass is 32.1. The molecule has 3 aromatic rings. The zero-order valence-corrected chi connectivity index (χ0v) is 17.8. The van der Waals surface area contributed by atoms with Gasteiger partial charge in [-0.05, 0) is 44.9 Å². The van der Waals surface area contributed by atoms with Gasteiger partial charge in [-0.2, -0.15) is 5.10 Å². The van der Waals surface area contributed by atoms with Crippen LogP contribution in [0, 0.1) is 6.92 Å². The third-order valence-corrected chi connectivity index (χ3v) is 5.93. The molecule has 11 heteroatoms. The first-order valence-electron chi connectivity index (χ1n) is 9.88. The highest BCUT2D eigenvalue weighted by Gasteiger charge is 2.32. The van der Waals surface area contributed by atoms with E-state index < -0.39 is 6.36 Å². The molecule has 1 saturated heterocycles. The summed E-state index contributed by atoms with van der Waals surface area (Å²) in [6, 6.07) is 5.66. The summed E-state index contributed by atoms with van der Waals surface area (Å²) in [4.78, 5) is 19.5. The van der Waals surface area contributed by atoms with Crippen LogP contribution in [0.15, 0.2) is 24.3 Å². The predicted octanol–water partition coefficient (Wildman–Crippen LogP) is 4.55. The number of halogens is 3. The molecular formula is C20H21F3N4O3S. The Morgan fingerprint density at radius 1 is 1.39 bits per heavy atom. The maximum atomic E-state index is 13.5. The Morgan fingerprint density at radius 3 is 2.87 bits per heavy atom. The Balaban J connectivity index is 1.70. The van der Waals surface area contributed by atoms with E-state index in [0.29, 0.717) is 40.7 Å². The molecule has 0 aliphatic carbocycles. The maximum absolute atomic E-state index is 13.5. The first-order valence-corrected chi connectivity index (χ1v) is 10.7. The summed E-state index contributed by atoms with van der Waals surface area (Å²) in [6.45, 7) is 5.18. The van der Waals surface area contributed by atoms with Crippen molar-refractivity contribution in [3.8, 4) is 5.75 Å². The van der Waals surface area contributed by atoms with E-state index in [1.807, 2.05) is 13.8 Å². The van der Waals surface area contributed by atoms with Gasteiger partial charge >= 0.3 is 6.36 Å². The van der Waals surface area contributed by atoms with Crippen molar-refractivity contribution in [1.82, 2.24) is 14.8 Å². The number of benzene rings is 1. The number of ether oxygens (including phenoxy) is 2. The number of carbonyl (C=O) groups is 1. The van der Waals surface area contributed by atoms with Crippen LogP contribution in [0.4, 0.5) is 18.3 Å². The van der Waals surface area contributed by atoms with Crippen LogP contribution in [-0.2, 0) is 11.3 Å². The van der Waals surface area contributed by atoms with Gasteiger partial charge in [0.15, 0.2) is 5.13 Å². The highest BCUT2D eigenvalue weighted by molar-refractivity contribution is 7.22. The summed E-state index contributed by atoms with van der Waals surface area (Å²) in [5.74, 6) is -0.601. The van der Waals surface area contributed by atoms with Crippen LogP contribution in [0.3, 0.4) is 0 Å². The second-order valence-corrected chi connectivity index (χ2v) is 8.22. The van der Waals surface area contributed by atoms with Gasteiger partial charge < -0.3 is 9.47 Å². The largest absolute Gasteiger partial charge is 0.573 e. The number of hydrogen-bond donors (Lipinski definition) is 0. The van der Waals surface area contributed by atoms with Crippen molar-refractivity contribution in [2.75, 3.05) is 18.1 Å². The molecule has 2 aromatic heterocycles.